The summed E-state index contributed by atoms with van der Waals surface area (Å²) in [7, 11) is 0. The van der Waals surface area contributed by atoms with Gasteiger partial charge >= 0.3 is 0 Å². The first-order chi connectivity index (χ1) is 9.19. The minimum absolute atomic E-state index is 0.675. The van der Waals surface area contributed by atoms with Crippen molar-refractivity contribution in [3.8, 4) is 0 Å². The Morgan fingerprint density at radius 2 is 1.68 bits per heavy atom. The Kier molecular flexibility index (Phi) is 3.42. The van der Waals surface area contributed by atoms with Crippen molar-refractivity contribution < 1.29 is 0 Å². The quantitative estimate of drug-likeness (QED) is 0.767. The number of rotatable bonds is 1. The number of benzene rings is 1. The van der Waals surface area contributed by atoms with Crippen LogP contribution in [0, 0.1) is 12.3 Å². The van der Waals surface area contributed by atoms with Gasteiger partial charge in [-0.25, -0.2) is 0 Å². The van der Waals surface area contributed by atoms with Crippen molar-refractivity contribution in [3.05, 3.63) is 23.8 Å². The number of nitrogens with two attached hydrogens (primary N) is 1. The number of aryl methyl sites for hydroxylation is 1. The van der Waals surface area contributed by atoms with E-state index in [4.69, 9.17) is 5.73 Å². The van der Waals surface area contributed by atoms with Gasteiger partial charge in [-0.05, 0) is 55.7 Å². The predicted molar refractivity (Wildman–Crippen MR) is 82.6 cm³/mol. The maximum atomic E-state index is 6.18. The van der Waals surface area contributed by atoms with E-state index >= 15 is 0 Å². The first-order valence-corrected chi connectivity index (χ1v) is 7.80. The molecule has 0 radical (unpaired) electrons. The predicted octanol–water partition coefficient (Wildman–Crippen LogP) is 4.13. The normalized spacial score (nSPS) is 22.7. The fourth-order valence-corrected chi connectivity index (χ4v) is 3.99. The summed E-state index contributed by atoms with van der Waals surface area (Å²) in [6.07, 6.45) is 10.0. The van der Waals surface area contributed by atoms with Crippen molar-refractivity contribution in [1.29, 1.82) is 0 Å². The number of nitrogen functional groups attached to an aromatic ring is 1. The van der Waals surface area contributed by atoms with E-state index in [0.29, 0.717) is 5.41 Å². The van der Waals surface area contributed by atoms with Crippen LogP contribution >= 0.6 is 0 Å². The van der Waals surface area contributed by atoms with Crippen LogP contribution in [0.4, 0.5) is 11.4 Å². The van der Waals surface area contributed by atoms with Gasteiger partial charge in [0, 0.05) is 13.1 Å². The molecule has 1 saturated heterocycles. The number of nitrogens with zero attached hydrogens (tertiary/aromatic N) is 1. The molecule has 1 aromatic carbocycles. The standard InChI is InChI=1S/C17H26N2/c1-14-5-6-16(15(18)13-14)19-11-9-17(10-12-19)7-3-2-4-8-17/h5-6,13H,2-4,7-12,18H2,1H3. The van der Waals surface area contributed by atoms with Crippen molar-refractivity contribution in [2.45, 2.75) is 51.9 Å². The zero-order valence-corrected chi connectivity index (χ0v) is 12.1. The van der Waals surface area contributed by atoms with Gasteiger partial charge in [-0.15, -0.1) is 0 Å². The number of hydrogen-bond donors (Lipinski definition) is 1. The minimum atomic E-state index is 0.675. The van der Waals surface area contributed by atoms with Crippen LogP contribution in [0.25, 0.3) is 0 Å². The Balaban J connectivity index is 1.69. The largest absolute Gasteiger partial charge is 0.397 e. The molecule has 3 rings (SSSR count). The highest BCUT2D eigenvalue weighted by Crippen LogP contribution is 2.45. The second-order valence-corrected chi connectivity index (χ2v) is 6.61. The summed E-state index contributed by atoms with van der Waals surface area (Å²) in [5, 5.41) is 0. The summed E-state index contributed by atoms with van der Waals surface area (Å²) < 4.78 is 0. The number of hydrogen-bond acceptors (Lipinski definition) is 2. The van der Waals surface area contributed by atoms with E-state index in [9.17, 15) is 0 Å². The molecular formula is C17H26N2. The second-order valence-electron chi connectivity index (χ2n) is 6.61. The fourth-order valence-electron chi connectivity index (χ4n) is 3.99. The second kappa shape index (κ2) is 5.07. The van der Waals surface area contributed by atoms with Gasteiger partial charge in [0.25, 0.3) is 0 Å². The minimum Gasteiger partial charge on any atom is -0.397 e. The highest BCUT2D eigenvalue weighted by molar-refractivity contribution is 5.68. The Hall–Kier alpha value is -1.18. The van der Waals surface area contributed by atoms with E-state index in [-0.39, 0.29) is 0 Å². The van der Waals surface area contributed by atoms with E-state index in [0.717, 1.165) is 5.69 Å². The van der Waals surface area contributed by atoms with E-state index in [1.165, 1.54) is 69.3 Å². The molecule has 2 heteroatoms. The van der Waals surface area contributed by atoms with Crippen molar-refractivity contribution in [2.75, 3.05) is 23.7 Å². The molecule has 1 spiro atoms. The Bertz CT molecular complexity index is 437. The molecule has 0 bridgehead atoms. The maximum absolute atomic E-state index is 6.18. The first kappa shape index (κ1) is 12.8. The zero-order chi connectivity index (χ0) is 13.3. The number of anilines is 2. The smallest absolute Gasteiger partial charge is 0.0600 e. The third-order valence-corrected chi connectivity index (χ3v) is 5.26. The Morgan fingerprint density at radius 3 is 2.32 bits per heavy atom. The summed E-state index contributed by atoms with van der Waals surface area (Å²) in [4.78, 5) is 2.49. The van der Waals surface area contributed by atoms with Gasteiger partial charge in [-0.2, -0.15) is 0 Å². The first-order valence-electron chi connectivity index (χ1n) is 7.80. The van der Waals surface area contributed by atoms with Crippen LogP contribution in [0.15, 0.2) is 18.2 Å². The lowest BCUT2D eigenvalue weighted by molar-refractivity contribution is 0.144. The average Bonchev–Trinajstić information content (AvgIpc) is 2.41. The lowest BCUT2D eigenvalue weighted by Gasteiger charge is -2.45. The molecule has 0 unspecified atom stereocenters. The van der Waals surface area contributed by atoms with Crippen LogP contribution in [-0.4, -0.2) is 13.1 Å². The van der Waals surface area contributed by atoms with Gasteiger partial charge in [-0.3, -0.25) is 0 Å². The molecule has 2 fully saturated rings. The summed E-state index contributed by atoms with van der Waals surface area (Å²) in [6.45, 7) is 4.48. The van der Waals surface area contributed by atoms with Gasteiger partial charge in [0.2, 0.25) is 0 Å². The highest BCUT2D eigenvalue weighted by Gasteiger charge is 2.35. The van der Waals surface area contributed by atoms with Crippen LogP contribution in [0.5, 0.6) is 0 Å². The fraction of sp³-hybridized carbons (Fsp3) is 0.647. The molecule has 2 nitrogen and oxygen atoms in total. The van der Waals surface area contributed by atoms with E-state index < -0.39 is 0 Å². The lowest BCUT2D eigenvalue weighted by atomic mass is 9.68. The Labute approximate surface area is 117 Å². The van der Waals surface area contributed by atoms with Gasteiger partial charge in [0.05, 0.1) is 11.4 Å². The van der Waals surface area contributed by atoms with E-state index in [1.807, 2.05) is 0 Å². The maximum Gasteiger partial charge on any atom is 0.0600 e. The summed E-state index contributed by atoms with van der Waals surface area (Å²) in [5.41, 5.74) is 10.3. The molecule has 19 heavy (non-hydrogen) atoms. The van der Waals surface area contributed by atoms with Gasteiger partial charge < -0.3 is 10.6 Å². The van der Waals surface area contributed by atoms with Gasteiger partial charge in [0.1, 0.15) is 0 Å². The molecule has 1 aromatic rings. The third-order valence-electron chi connectivity index (χ3n) is 5.26. The van der Waals surface area contributed by atoms with Gasteiger partial charge in [-0.1, -0.05) is 25.3 Å². The van der Waals surface area contributed by atoms with Gasteiger partial charge in [0.15, 0.2) is 0 Å². The van der Waals surface area contributed by atoms with Crippen molar-refractivity contribution in [1.82, 2.24) is 0 Å². The molecule has 1 heterocycles. The average molecular weight is 258 g/mol. The monoisotopic (exact) mass is 258 g/mol. The van der Waals surface area contributed by atoms with Crippen LogP contribution in [0.1, 0.15) is 50.5 Å². The molecular weight excluding hydrogens is 232 g/mol. The van der Waals surface area contributed by atoms with E-state index in [1.54, 1.807) is 0 Å². The summed E-state index contributed by atoms with van der Waals surface area (Å²) >= 11 is 0. The molecule has 1 aliphatic carbocycles. The topological polar surface area (TPSA) is 29.3 Å². The molecule has 0 amide bonds. The number of piperidine rings is 1. The third kappa shape index (κ3) is 2.58. The lowest BCUT2D eigenvalue weighted by Crippen LogP contribution is -2.41. The van der Waals surface area contributed by atoms with Crippen molar-refractivity contribution >= 4 is 11.4 Å². The zero-order valence-electron chi connectivity index (χ0n) is 12.1. The molecule has 1 aliphatic heterocycles. The molecule has 2 N–H and O–H groups in total. The van der Waals surface area contributed by atoms with Crippen LogP contribution < -0.4 is 10.6 Å². The van der Waals surface area contributed by atoms with Crippen LogP contribution in [-0.2, 0) is 0 Å². The van der Waals surface area contributed by atoms with Crippen LogP contribution in [0.2, 0.25) is 0 Å². The molecule has 0 atom stereocenters. The van der Waals surface area contributed by atoms with Crippen LogP contribution in [0.3, 0.4) is 0 Å². The SMILES string of the molecule is Cc1ccc(N2CCC3(CCCCC3)CC2)c(N)c1. The van der Waals surface area contributed by atoms with E-state index in [2.05, 4.69) is 30.0 Å². The summed E-state index contributed by atoms with van der Waals surface area (Å²) in [6, 6.07) is 6.47. The summed E-state index contributed by atoms with van der Waals surface area (Å²) in [5.74, 6) is 0. The molecule has 2 aliphatic rings. The molecule has 0 aromatic heterocycles. The molecule has 1 saturated carbocycles. The highest BCUT2D eigenvalue weighted by atomic mass is 15.1. The van der Waals surface area contributed by atoms with Crippen molar-refractivity contribution in [2.24, 2.45) is 5.41 Å². The Morgan fingerprint density at radius 1 is 1.00 bits per heavy atom. The molecule has 104 valence electrons. The van der Waals surface area contributed by atoms with Crippen molar-refractivity contribution in [3.63, 3.8) is 0 Å².